The number of ether oxygens (including phenoxy) is 2. The highest BCUT2D eigenvalue weighted by molar-refractivity contribution is 5.41. The number of fused-ring (bicyclic) bond motifs is 1. The lowest BCUT2D eigenvalue weighted by atomic mass is 9.96. The zero-order valence-electron chi connectivity index (χ0n) is 12.5. The van der Waals surface area contributed by atoms with E-state index in [-0.39, 0.29) is 6.04 Å². The first-order chi connectivity index (χ1) is 10.3. The quantitative estimate of drug-likeness (QED) is 0.885. The molecule has 1 aliphatic heterocycles. The van der Waals surface area contributed by atoms with E-state index in [2.05, 4.69) is 27.4 Å². The Labute approximate surface area is 124 Å². The maximum absolute atomic E-state index is 5.54. The summed E-state index contributed by atoms with van der Waals surface area (Å²) >= 11 is 0. The summed E-state index contributed by atoms with van der Waals surface area (Å²) in [6.07, 6.45) is 2.77. The fourth-order valence-corrected chi connectivity index (χ4v) is 2.80. The number of rotatable bonds is 5. The van der Waals surface area contributed by atoms with Crippen LogP contribution in [0.25, 0.3) is 0 Å². The van der Waals surface area contributed by atoms with Gasteiger partial charge in [0.15, 0.2) is 0 Å². The van der Waals surface area contributed by atoms with Crippen LogP contribution in [0.3, 0.4) is 0 Å². The van der Waals surface area contributed by atoms with Gasteiger partial charge in [0.1, 0.15) is 5.75 Å². The highest BCUT2D eigenvalue weighted by atomic mass is 16.5. The minimum absolute atomic E-state index is 0.131. The first kappa shape index (κ1) is 14.1. The topological polar surface area (TPSA) is 59.2 Å². The van der Waals surface area contributed by atoms with Crippen molar-refractivity contribution in [3.63, 3.8) is 0 Å². The van der Waals surface area contributed by atoms with Crippen LogP contribution in [-0.2, 0) is 17.8 Å². The number of aromatic nitrogens is 2. The van der Waals surface area contributed by atoms with E-state index in [4.69, 9.17) is 9.47 Å². The molecule has 5 nitrogen and oxygen atoms in total. The van der Waals surface area contributed by atoms with Crippen molar-refractivity contribution in [3.05, 3.63) is 47.0 Å². The lowest BCUT2D eigenvalue weighted by molar-refractivity contribution is 0.132. The van der Waals surface area contributed by atoms with Crippen LogP contribution in [-0.4, -0.2) is 30.2 Å². The van der Waals surface area contributed by atoms with Crippen LogP contribution in [0.4, 0.5) is 0 Å². The van der Waals surface area contributed by atoms with E-state index >= 15 is 0 Å². The molecule has 1 aliphatic rings. The normalized spacial score (nSPS) is 17.5. The molecule has 0 aliphatic carbocycles. The van der Waals surface area contributed by atoms with Crippen molar-refractivity contribution >= 4 is 0 Å². The fourth-order valence-electron chi connectivity index (χ4n) is 2.80. The lowest BCUT2D eigenvalue weighted by Gasteiger charge is -2.24. The maximum Gasteiger partial charge on any atom is 0.124 e. The molecule has 2 heterocycles. The summed E-state index contributed by atoms with van der Waals surface area (Å²) in [6.45, 7) is 4.20. The molecule has 5 heteroatoms. The van der Waals surface area contributed by atoms with Gasteiger partial charge in [-0.25, -0.2) is 4.98 Å². The Morgan fingerprint density at radius 2 is 2.29 bits per heavy atom. The van der Waals surface area contributed by atoms with E-state index < -0.39 is 0 Å². The molecule has 0 amide bonds. The Morgan fingerprint density at radius 1 is 1.38 bits per heavy atom. The van der Waals surface area contributed by atoms with Gasteiger partial charge in [0.25, 0.3) is 0 Å². The monoisotopic (exact) mass is 287 g/mol. The van der Waals surface area contributed by atoms with Crippen molar-refractivity contribution in [1.29, 1.82) is 0 Å². The van der Waals surface area contributed by atoms with E-state index in [0.29, 0.717) is 13.2 Å². The highest BCUT2D eigenvalue weighted by Gasteiger charge is 2.24. The molecule has 0 saturated heterocycles. The van der Waals surface area contributed by atoms with E-state index in [0.717, 1.165) is 30.0 Å². The third-order valence-electron chi connectivity index (χ3n) is 3.85. The van der Waals surface area contributed by atoms with Gasteiger partial charge in [-0.2, -0.15) is 0 Å². The van der Waals surface area contributed by atoms with Crippen molar-refractivity contribution < 1.29 is 9.47 Å². The van der Waals surface area contributed by atoms with Gasteiger partial charge in [0, 0.05) is 30.8 Å². The van der Waals surface area contributed by atoms with Crippen molar-refractivity contribution in [2.75, 3.05) is 20.3 Å². The number of nitrogens with one attached hydrogen (secondary N) is 2. The number of methoxy groups -OCH3 is 1. The SMILES string of the molecule is CCOCc1cc(C2NCCc3[nH]cnc32)ccc1OC. The molecule has 1 aromatic carbocycles. The van der Waals surface area contributed by atoms with Crippen LogP contribution in [0, 0.1) is 0 Å². The zero-order valence-corrected chi connectivity index (χ0v) is 12.5. The first-order valence-corrected chi connectivity index (χ1v) is 7.33. The summed E-state index contributed by atoms with van der Waals surface area (Å²) in [6, 6.07) is 6.38. The van der Waals surface area contributed by atoms with E-state index in [1.54, 1.807) is 13.4 Å². The summed E-state index contributed by atoms with van der Waals surface area (Å²) in [5.74, 6) is 0.866. The standard InChI is InChI=1S/C16H21N3O2/c1-3-21-9-12-8-11(4-5-14(12)20-2)15-16-13(6-7-17-15)18-10-19-16/h4-5,8,10,15,17H,3,6-7,9H2,1-2H3,(H,18,19). The van der Waals surface area contributed by atoms with Gasteiger partial charge in [0.2, 0.25) is 0 Å². The molecule has 2 N–H and O–H groups in total. The van der Waals surface area contributed by atoms with Crippen LogP contribution >= 0.6 is 0 Å². The smallest absolute Gasteiger partial charge is 0.124 e. The molecular formula is C16H21N3O2. The molecule has 21 heavy (non-hydrogen) atoms. The van der Waals surface area contributed by atoms with Crippen molar-refractivity contribution in [1.82, 2.24) is 15.3 Å². The molecule has 112 valence electrons. The number of aromatic amines is 1. The average Bonchev–Trinajstić information content (AvgIpc) is 3.01. The molecule has 2 aromatic rings. The molecule has 1 aromatic heterocycles. The third-order valence-corrected chi connectivity index (χ3v) is 3.85. The van der Waals surface area contributed by atoms with Gasteiger partial charge in [-0.1, -0.05) is 6.07 Å². The number of benzene rings is 1. The summed E-state index contributed by atoms with van der Waals surface area (Å²) in [7, 11) is 1.69. The van der Waals surface area contributed by atoms with Crippen molar-refractivity contribution in [2.24, 2.45) is 0 Å². The average molecular weight is 287 g/mol. The molecule has 0 spiro atoms. The predicted octanol–water partition coefficient (Wildman–Crippen LogP) is 2.19. The van der Waals surface area contributed by atoms with Crippen molar-refractivity contribution in [3.8, 4) is 5.75 Å². The van der Waals surface area contributed by atoms with Crippen LogP contribution in [0.1, 0.15) is 35.5 Å². The van der Waals surface area contributed by atoms with Crippen LogP contribution < -0.4 is 10.1 Å². The van der Waals surface area contributed by atoms with E-state index in [9.17, 15) is 0 Å². The Balaban J connectivity index is 1.93. The molecule has 1 atom stereocenters. The van der Waals surface area contributed by atoms with E-state index in [1.165, 1.54) is 11.3 Å². The fraction of sp³-hybridized carbons (Fsp3) is 0.438. The zero-order chi connectivity index (χ0) is 14.7. The van der Waals surface area contributed by atoms with Gasteiger partial charge in [0.05, 0.1) is 31.8 Å². The Kier molecular flexibility index (Phi) is 4.22. The summed E-state index contributed by atoms with van der Waals surface area (Å²) in [5.41, 5.74) is 4.58. The summed E-state index contributed by atoms with van der Waals surface area (Å²) < 4.78 is 11.0. The molecule has 3 rings (SSSR count). The second kappa shape index (κ2) is 6.28. The van der Waals surface area contributed by atoms with Crippen molar-refractivity contribution in [2.45, 2.75) is 26.0 Å². The van der Waals surface area contributed by atoms with Gasteiger partial charge >= 0.3 is 0 Å². The number of hydrogen-bond donors (Lipinski definition) is 2. The van der Waals surface area contributed by atoms with Gasteiger partial charge < -0.3 is 19.8 Å². The molecule has 0 saturated carbocycles. The molecule has 0 fully saturated rings. The first-order valence-electron chi connectivity index (χ1n) is 7.33. The number of hydrogen-bond acceptors (Lipinski definition) is 4. The van der Waals surface area contributed by atoms with Crippen LogP contribution in [0.5, 0.6) is 5.75 Å². The van der Waals surface area contributed by atoms with Gasteiger partial charge in [-0.15, -0.1) is 0 Å². The van der Waals surface area contributed by atoms with Crippen LogP contribution in [0.2, 0.25) is 0 Å². The minimum atomic E-state index is 0.131. The Morgan fingerprint density at radius 3 is 3.10 bits per heavy atom. The minimum Gasteiger partial charge on any atom is -0.496 e. The predicted molar refractivity (Wildman–Crippen MR) is 80.5 cm³/mol. The maximum atomic E-state index is 5.54. The largest absolute Gasteiger partial charge is 0.496 e. The Bertz CT molecular complexity index is 609. The second-order valence-electron chi connectivity index (χ2n) is 5.11. The molecule has 0 radical (unpaired) electrons. The number of nitrogens with zero attached hydrogens (tertiary/aromatic N) is 1. The third kappa shape index (κ3) is 2.80. The lowest BCUT2D eigenvalue weighted by Crippen LogP contribution is -2.30. The van der Waals surface area contributed by atoms with Crippen LogP contribution in [0.15, 0.2) is 24.5 Å². The highest BCUT2D eigenvalue weighted by Crippen LogP contribution is 2.30. The number of H-pyrrole nitrogens is 1. The van der Waals surface area contributed by atoms with Gasteiger partial charge in [-0.05, 0) is 24.6 Å². The van der Waals surface area contributed by atoms with E-state index in [1.807, 2.05) is 13.0 Å². The number of imidazole rings is 1. The molecule has 0 bridgehead atoms. The van der Waals surface area contributed by atoms with Gasteiger partial charge in [-0.3, -0.25) is 0 Å². The Hall–Kier alpha value is -1.85. The summed E-state index contributed by atoms with van der Waals surface area (Å²) in [4.78, 5) is 7.70. The summed E-state index contributed by atoms with van der Waals surface area (Å²) in [5, 5.41) is 3.53. The molecule has 1 unspecified atom stereocenters. The molecular weight excluding hydrogens is 266 g/mol. The second-order valence-corrected chi connectivity index (χ2v) is 5.11.